The fourth-order valence-electron chi connectivity index (χ4n) is 2.47. The lowest BCUT2D eigenvalue weighted by atomic mass is 9.74. The van der Waals surface area contributed by atoms with Crippen LogP contribution < -0.4 is 5.32 Å². The van der Waals surface area contributed by atoms with Crippen molar-refractivity contribution in [2.75, 3.05) is 7.05 Å². The van der Waals surface area contributed by atoms with E-state index in [1.165, 1.54) is 19.3 Å². The number of likely N-dealkylation sites (N-methyl/N-ethyl adjacent to an activating group) is 1. The zero-order valence-electron chi connectivity index (χ0n) is 11.9. The molecule has 0 aromatic heterocycles. The van der Waals surface area contributed by atoms with E-state index < -0.39 is 0 Å². The van der Waals surface area contributed by atoms with Crippen LogP contribution >= 0.6 is 0 Å². The number of rotatable bonds is 4. The molecule has 2 nitrogen and oxygen atoms in total. The zero-order chi connectivity index (χ0) is 12.4. The summed E-state index contributed by atoms with van der Waals surface area (Å²) in [5.41, 5.74) is 0.440. The average molecular weight is 227 g/mol. The first kappa shape index (κ1) is 14.0. The highest BCUT2D eigenvalue weighted by atomic mass is 16.5. The molecule has 2 atom stereocenters. The third kappa shape index (κ3) is 3.74. The third-order valence-corrected chi connectivity index (χ3v) is 4.03. The molecule has 0 radical (unpaired) electrons. The van der Waals surface area contributed by atoms with Gasteiger partial charge < -0.3 is 10.1 Å². The van der Waals surface area contributed by atoms with Gasteiger partial charge in [0.05, 0.1) is 11.7 Å². The highest BCUT2D eigenvalue weighted by Crippen LogP contribution is 2.38. The lowest BCUT2D eigenvalue weighted by Crippen LogP contribution is -2.49. The molecule has 0 aliphatic heterocycles. The van der Waals surface area contributed by atoms with Gasteiger partial charge in [-0.1, -0.05) is 20.8 Å². The van der Waals surface area contributed by atoms with Crippen LogP contribution in [0.4, 0.5) is 0 Å². The van der Waals surface area contributed by atoms with Gasteiger partial charge >= 0.3 is 0 Å². The van der Waals surface area contributed by atoms with Gasteiger partial charge in [-0.2, -0.15) is 0 Å². The Morgan fingerprint density at radius 1 is 1.38 bits per heavy atom. The summed E-state index contributed by atoms with van der Waals surface area (Å²) >= 11 is 0. The summed E-state index contributed by atoms with van der Waals surface area (Å²) in [6.07, 6.45) is 5.13. The number of hydrogen-bond donors (Lipinski definition) is 1. The summed E-state index contributed by atoms with van der Waals surface area (Å²) < 4.78 is 6.30. The molecule has 0 saturated heterocycles. The molecule has 1 aliphatic rings. The van der Waals surface area contributed by atoms with Crippen molar-refractivity contribution in [3.8, 4) is 0 Å². The van der Waals surface area contributed by atoms with E-state index in [1.807, 2.05) is 0 Å². The number of nitrogens with one attached hydrogen (secondary N) is 1. The Hall–Kier alpha value is -0.0800. The van der Waals surface area contributed by atoms with Crippen LogP contribution in [0.15, 0.2) is 0 Å². The molecule has 16 heavy (non-hydrogen) atoms. The lowest BCUT2D eigenvalue weighted by Gasteiger charge is -2.43. The highest BCUT2D eigenvalue weighted by Gasteiger charge is 2.37. The van der Waals surface area contributed by atoms with Gasteiger partial charge in [-0.25, -0.2) is 0 Å². The molecule has 96 valence electrons. The van der Waals surface area contributed by atoms with E-state index in [9.17, 15) is 0 Å². The fraction of sp³-hybridized carbons (Fsp3) is 1.00. The van der Waals surface area contributed by atoms with Gasteiger partial charge in [-0.05, 0) is 52.0 Å². The van der Waals surface area contributed by atoms with Crippen molar-refractivity contribution in [3.05, 3.63) is 0 Å². The molecule has 1 fully saturated rings. The standard InChI is InChI=1S/C14H29NO/c1-7-14(4,5)16-12-10-13(2,3)9-8-11(12)15-6/h11-12,15H,7-10H2,1-6H3. The third-order valence-electron chi connectivity index (χ3n) is 4.03. The summed E-state index contributed by atoms with van der Waals surface area (Å²) in [7, 11) is 2.05. The van der Waals surface area contributed by atoms with Gasteiger partial charge in [0.2, 0.25) is 0 Å². The molecule has 0 amide bonds. The Morgan fingerprint density at radius 3 is 2.50 bits per heavy atom. The first-order valence-corrected chi connectivity index (χ1v) is 6.65. The maximum absolute atomic E-state index is 6.30. The van der Waals surface area contributed by atoms with E-state index in [-0.39, 0.29) is 5.60 Å². The van der Waals surface area contributed by atoms with E-state index in [1.54, 1.807) is 0 Å². The van der Waals surface area contributed by atoms with Gasteiger partial charge in [-0.3, -0.25) is 0 Å². The van der Waals surface area contributed by atoms with Crippen LogP contribution in [0, 0.1) is 5.41 Å². The first-order valence-electron chi connectivity index (χ1n) is 6.65. The van der Waals surface area contributed by atoms with Crippen molar-refractivity contribution in [1.29, 1.82) is 0 Å². The van der Waals surface area contributed by atoms with E-state index in [4.69, 9.17) is 4.74 Å². The molecule has 1 N–H and O–H groups in total. The minimum Gasteiger partial charge on any atom is -0.371 e. The van der Waals surface area contributed by atoms with Crippen LogP contribution in [0.2, 0.25) is 0 Å². The van der Waals surface area contributed by atoms with Crippen molar-refractivity contribution >= 4 is 0 Å². The lowest BCUT2D eigenvalue weighted by molar-refractivity contribution is -0.114. The van der Waals surface area contributed by atoms with Crippen molar-refractivity contribution in [2.45, 2.75) is 78.0 Å². The SMILES string of the molecule is CCC(C)(C)OC1CC(C)(C)CCC1NC. The molecule has 2 unspecified atom stereocenters. The molecule has 0 bridgehead atoms. The fourth-order valence-corrected chi connectivity index (χ4v) is 2.47. The smallest absolute Gasteiger partial charge is 0.0740 e. The van der Waals surface area contributed by atoms with E-state index in [2.05, 4.69) is 47.0 Å². The molecule has 0 spiro atoms. The van der Waals surface area contributed by atoms with Gasteiger partial charge in [0.1, 0.15) is 0 Å². The molecular weight excluding hydrogens is 198 g/mol. The normalized spacial score (nSPS) is 30.4. The summed E-state index contributed by atoms with van der Waals surface area (Å²) in [4.78, 5) is 0. The summed E-state index contributed by atoms with van der Waals surface area (Å²) in [6, 6.07) is 0.527. The molecule has 1 rings (SSSR count). The van der Waals surface area contributed by atoms with Gasteiger partial charge in [0.15, 0.2) is 0 Å². The topological polar surface area (TPSA) is 21.3 Å². The highest BCUT2D eigenvalue weighted by molar-refractivity contribution is 4.90. The van der Waals surface area contributed by atoms with Crippen molar-refractivity contribution in [3.63, 3.8) is 0 Å². The first-order chi connectivity index (χ1) is 7.29. The van der Waals surface area contributed by atoms with Crippen molar-refractivity contribution < 1.29 is 4.74 Å². The Balaban J connectivity index is 2.66. The molecule has 1 aliphatic carbocycles. The summed E-state index contributed by atoms with van der Waals surface area (Å²) in [6.45, 7) is 11.3. The Bertz CT molecular complexity index is 223. The molecule has 0 aromatic rings. The van der Waals surface area contributed by atoms with Crippen LogP contribution in [0.3, 0.4) is 0 Å². The van der Waals surface area contributed by atoms with Crippen LogP contribution in [-0.2, 0) is 4.74 Å². The number of ether oxygens (including phenoxy) is 1. The molecule has 0 heterocycles. The second-order valence-corrected chi connectivity index (χ2v) is 6.57. The van der Waals surface area contributed by atoms with Gasteiger partial charge in [0.25, 0.3) is 0 Å². The van der Waals surface area contributed by atoms with Crippen LogP contribution in [0.25, 0.3) is 0 Å². The maximum atomic E-state index is 6.30. The van der Waals surface area contributed by atoms with Crippen molar-refractivity contribution in [2.24, 2.45) is 5.41 Å². The van der Waals surface area contributed by atoms with E-state index in [0.29, 0.717) is 17.6 Å². The summed E-state index contributed by atoms with van der Waals surface area (Å²) in [5.74, 6) is 0. The Labute approximate surface area is 101 Å². The maximum Gasteiger partial charge on any atom is 0.0740 e. The monoisotopic (exact) mass is 227 g/mol. The largest absolute Gasteiger partial charge is 0.371 e. The predicted octanol–water partition coefficient (Wildman–Crippen LogP) is 3.36. The summed E-state index contributed by atoms with van der Waals surface area (Å²) in [5, 5.41) is 3.41. The second kappa shape index (κ2) is 5.05. The number of hydrogen-bond acceptors (Lipinski definition) is 2. The van der Waals surface area contributed by atoms with Crippen LogP contribution in [0.1, 0.15) is 60.3 Å². The Kier molecular flexibility index (Phi) is 4.42. The minimum atomic E-state index is 0.00713. The Morgan fingerprint density at radius 2 is 2.00 bits per heavy atom. The molecule has 0 aromatic carbocycles. The van der Waals surface area contributed by atoms with Gasteiger partial charge in [0, 0.05) is 6.04 Å². The average Bonchev–Trinajstić information content (AvgIpc) is 2.16. The second-order valence-electron chi connectivity index (χ2n) is 6.57. The van der Waals surface area contributed by atoms with Crippen LogP contribution in [-0.4, -0.2) is 24.8 Å². The molecule has 1 saturated carbocycles. The zero-order valence-corrected chi connectivity index (χ0v) is 11.9. The van der Waals surface area contributed by atoms with E-state index >= 15 is 0 Å². The quantitative estimate of drug-likeness (QED) is 0.795. The molecular formula is C14H29NO. The van der Waals surface area contributed by atoms with Crippen molar-refractivity contribution in [1.82, 2.24) is 5.32 Å². The predicted molar refractivity (Wildman–Crippen MR) is 69.7 cm³/mol. The molecule has 2 heteroatoms. The minimum absolute atomic E-state index is 0.00713. The van der Waals surface area contributed by atoms with Gasteiger partial charge in [-0.15, -0.1) is 0 Å². The van der Waals surface area contributed by atoms with E-state index in [0.717, 1.165) is 6.42 Å². The van der Waals surface area contributed by atoms with Crippen LogP contribution in [0.5, 0.6) is 0 Å².